The van der Waals surface area contributed by atoms with Gasteiger partial charge in [0.25, 0.3) is 11.6 Å². The highest BCUT2D eigenvalue weighted by Gasteiger charge is 2.78. The molecule has 3 atom stereocenters. The summed E-state index contributed by atoms with van der Waals surface area (Å²) < 4.78 is 48.7. The van der Waals surface area contributed by atoms with Crippen molar-refractivity contribution < 1.29 is 27.7 Å². The van der Waals surface area contributed by atoms with Crippen molar-refractivity contribution in [1.29, 1.82) is 0 Å². The van der Waals surface area contributed by atoms with Gasteiger partial charge in [0.05, 0.1) is 6.54 Å². The summed E-state index contributed by atoms with van der Waals surface area (Å²) in [5.41, 5.74) is 2.26. The number of ether oxygens (including phenoxy) is 4. The molecule has 0 radical (unpaired) electrons. The first-order valence-electron chi connectivity index (χ1n) is 10.2. The van der Waals surface area contributed by atoms with E-state index in [4.69, 9.17) is 18.9 Å². The Kier molecular flexibility index (Phi) is 5.31. The molecule has 2 fully saturated rings. The van der Waals surface area contributed by atoms with Gasteiger partial charge in [-0.05, 0) is 36.8 Å². The van der Waals surface area contributed by atoms with Crippen molar-refractivity contribution in [2.75, 3.05) is 18.1 Å². The van der Waals surface area contributed by atoms with Gasteiger partial charge in [0, 0.05) is 30.6 Å². The number of fused-ring (bicyclic) bond motifs is 1. The first-order chi connectivity index (χ1) is 15.1. The topological polar surface area (TPSA) is 55.8 Å². The van der Waals surface area contributed by atoms with Gasteiger partial charge in [0.2, 0.25) is 0 Å². The second-order valence-corrected chi connectivity index (χ2v) is 7.47. The monoisotopic (exact) mass is 428 g/mol. The molecule has 8 heteroatoms. The van der Waals surface area contributed by atoms with Crippen LogP contribution in [0.2, 0.25) is 0 Å². The SMILES string of the molecule is FC(F)OC12C=CN=C(CN(c3ccccc3)c3ccccc3)[C@@]1(OC1CCCO1)O2. The fraction of sp³-hybridized carbons (Fsp3) is 0.348. The molecule has 0 saturated carbocycles. The van der Waals surface area contributed by atoms with Gasteiger partial charge >= 0.3 is 6.61 Å². The van der Waals surface area contributed by atoms with Gasteiger partial charge in [0.15, 0.2) is 6.29 Å². The molecule has 0 aromatic heterocycles. The van der Waals surface area contributed by atoms with Crippen LogP contribution < -0.4 is 4.90 Å². The summed E-state index contributed by atoms with van der Waals surface area (Å²) in [4.78, 5) is 6.49. The normalized spacial score (nSPS) is 29.0. The Morgan fingerprint density at radius 2 is 1.74 bits per heavy atom. The highest BCUT2D eigenvalue weighted by atomic mass is 19.3. The van der Waals surface area contributed by atoms with Crippen LogP contribution in [0.3, 0.4) is 0 Å². The number of rotatable bonds is 8. The molecular formula is C23H22F2N2O4. The molecule has 0 N–H and O–H groups in total. The first kappa shape index (κ1) is 20.3. The standard InChI is InChI=1S/C23H22F2N2O4/c24-21(25)30-22-13-14-26-19(23(22,31-22)29-20-12-7-15-28-20)16-27(17-8-3-1-4-9-17)18-10-5-2-6-11-18/h1-6,8-11,13-14,20-21H,7,12,15-16H2/t20?,22?,23-/m1/s1. The largest absolute Gasteiger partial charge is 0.353 e. The van der Waals surface area contributed by atoms with E-state index in [0.29, 0.717) is 18.7 Å². The zero-order valence-corrected chi connectivity index (χ0v) is 16.7. The number of benzene rings is 2. The zero-order valence-electron chi connectivity index (χ0n) is 16.7. The van der Waals surface area contributed by atoms with Crippen molar-refractivity contribution in [3.63, 3.8) is 0 Å². The minimum atomic E-state index is -3.03. The number of epoxide rings is 1. The predicted molar refractivity (Wildman–Crippen MR) is 110 cm³/mol. The summed E-state index contributed by atoms with van der Waals surface area (Å²) in [6, 6.07) is 19.5. The maximum absolute atomic E-state index is 13.2. The van der Waals surface area contributed by atoms with Crippen LogP contribution >= 0.6 is 0 Å². The third-order valence-corrected chi connectivity index (χ3v) is 5.51. The molecule has 0 bridgehead atoms. The van der Waals surface area contributed by atoms with E-state index in [1.165, 1.54) is 12.3 Å². The number of hydrogen-bond acceptors (Lipinski definition) is 6. The van der Waals surface area contributed by atoms with Gasteiger partial charge in [0.1, 0.15) is 5.71 Å². The lowest BCUT2D eigenvalue weighted by Crippen LogP contribution is -2.46. The number of alkyl halides is 2. The Bertz CT molecular complexity index is 927. The van der Waals surface area contributed by atoms with E-state index in [0.717, 1.165) is 17.8 Å². The van der Waals surface area contributed by atoms with Crippen LogP contribution in [-0.4, -0.2) is 43.3 Å². The summed E-state index contributed by atoms with van der Waals surface area (Å²) in [5, 5.41) is 0. The minimum Gasteiger partial charge on any atom is -0.353 e. The summed E-state index contributed by atoms with van der Waals surface area (Å²) in [7, 11) is 0. The summed E-state index contributed by atoms with van der Waals surface area (Å²) in [6.07, 6.45) is 3.70. The van der Waals surface area contributed by atoms with Crippen molar-refractivity contribution in [1.82, 2.24) is 0 Å². The molecule has 5 rings (SSSR count). The molecule has 0 spiro atoms. The van der Waals surface area contributed by atoms with Crippen LogP contribution in [0.5, 0.6) is 0 Å². The van der Waals surface area contributed by atoms with E-state index >= 15 is 0 Å². The molecule has 0 amide bonds. The lowest BCUT2D eigenvalue weighted by Gasteiger charge is -2.30. The molecule has 0 aliphatic carbocycles. The number of para-hydroxylation sites is 2. The number of anilines is 2. The Morgan fingerprint density at radius 3 is 2.32 bits per heavy atom. The highest BCUT2D eigenvalue weighted by molar-refractivity contribution is 6.01. The molecule has 2 unspecified atom stereocenters. The van der Waals surface area contributed by atoms with Crippen LogP contribution in [0.1, 0.15) is 12.8 Å². The Labute approximate surface area is 178 Å². The van der Waals surface area contributed by atoms with E-state index < -0.39 is 24.5 Å². The maximum atomic E-state index is 13.2. The molecule has 2 saturated heterocycles. The van der Waals surface area contributed by atoms with Crippen molar-refractivity contribution in [3.8, 4) is 0 Å². The van der Waals surface area contributed by atoms with Crippen LogP contribution in [0.15, 0.2) is 77.9 Å². The van der Waals surface area contributed by atoms with E-state index in [-0.39, 0.29) is 6.54 Å². The lowest BCUT2D eigenvalue weighted by atomic mass is 10.0. The number of halogens is 2. The van der Waals surface area contributed by atoms with Gasteiger partial charge < -0.3 is 14.4 Å². The lowest BCUT2D eigenvalue weighted by molar-refractivity contribution is -0.202. The van der Waals surface area contributed by atoms with Crippen molar-refractivity contribution >= 4 is 17.1 Å². The summed E-state index contributed by atoms with van der Waals surface area (Å²) in [6.45, 7) is -2.23. The quantitative estimate of drug-likeness (QED) is 0.575. The molecule has 2 aromatic carbocycles. The third-order valence-electron chi connectivity index (χ3n) is 5.51. The van der Waals surface area contributed by atoms with Crippen molar-refractivity contribution in [2.45, 2.75) is 37.3 Å². The van der Waals surface area contributed by atoms with Crippen LogP contribution in [0.25, 0.3) is 0 Å². The minimum absolute atomic E-state index is 0.249. The Balaban J connectivity index is 1.49. The van der Waals surface area contributed by atoms with Crippen LogP contribution in [-0.2, 0) is 18.9 Å². The summed E-state index contributed by atoms with van der Waals surface area (Å²) in [5.74, 6) is -3.28. The van der Waals surface area contributed by atoms with E-state index in [1.54, 1.807) is 0 Å². The number of aliphatic imine (C=N–C) groups is 1. The van der Waals surface area contributed by atoms with Gasteiger partial charge in [-0.15, -0.1) is 0 Å². The van der Waals surface area contributed by atoms with Gasteiger partial charge in [-0.1, -0.05) is 36.4 Å². The third kappa shape index (κ3) is 3.76. The molecule has 162 valence electrons. The zero-order chi connectivity index (χ0) is 21.3. The molecule has 31 heavy (non-hydrogen) atoms. The van der Waals surface area contributed by atoms with Gasteiger partial charge in [-0.3, -0.25) is 14.5 Å². The van der Waals surface area contributed by atoms with Crippen LogP contribution in [0.4, 0.5) is 20.2 Å². The van der Waals surface area contributed by atoms with E-state index in [9.17, 15) is 8.78 Å². The fourth-order valence-electron chi connectivity index (χ4n) is 4.02. The van der Waals surface area contributed by atoms with Crippen molar-refractivity contribution in [2.24, 2.45) is 4.99 Å². The smallest absolute Gasteiger partial charge is 0.348 e. The number of nitrogens with zero attached hydrogens (tertiary/aromatic N) is 2. The van der Waals surface area contributed by atoms with Crippen molar-refractivity contribution in [3.05, 3.63) is 72.9 Å². The second kappa shape index (κ2) is 8.12. The molecule has 3 aliphatic heterocycles. The molecule has 3 heterocycles. The maximum Gasteiger partial charge on any atom is 0.348 e. The van der Waals surface area contributed by atoms with Gasteiger partial charge in [-0.2, -0.15) is 8.78 Å². The molecule has 6 nitrogen and oxygen atoms in total. The van der Waals surface area contributed by atoms with E-state index in [2.05, 4.69) is 4.99 Å². The second-order valence-electron chi connectivity index (χ2n) is 7.47. The van der Waals surface area contributed by atoms with Gasteiger partial charge in [-0.25, -0.2) is 0 Å². The fourth-order valence-corrected chi connectivity index (χ4v) is 4.02. The molecule has 2 aromatic rings. The first-order valence-corrected chi connectivity index (χ1v) is 10.2. The molecular weight excluding hydrogens is 406 g/mol. The highest BCUT2D eigenvalue weighted by Crippen LogP contribution is 2.56. The summed E-state index contributed by atoms with van der Waals surface area (Å²) >= 11 is 0. The number of hydrogen-bond donors (Lipinski definition) is 0. The Hall–Kier alpha value is -2.65. The Morgan fingerprint density at radius 1 is 1.06 bits per heavy atom. The van der Waals surface area contributed by atoms with Crippen LogP contribution in [0, 0.1) is 0 Å². The predicted octanol–water partition coefficient (Wildman–Crippen LogP) is 4.61. The average Bonchev–Trinajstić information content (AvgIpc) is 3.12. The van der Waals surface area contributed by atoms with E-state index in [1.807, 2.05) is 65.6 Å². The molecule has 3 aliphatic rings. The average molecular weight is 428 g/mol.